The van der Waals surface area contributed by atoms with Crippen molar-refractivity contribution in [2.45, 2.75) is 45.2 Å². The monoisotopic (exact) mass is 246 g/mol. The molecule has 18 heavy (non-hydrogen) atoms. The molecule has 1 aromatic carbocycles. The van der Waals surface area contributed by atoms with Crippen molar-refractivity contribution in [3.63, 3.8) is 0 Å². The number of carbonyl (C=O) groups excluding carboxylic acids is 1. The Balaban J connectivity index is 1.93. The Morgan fingerprint density at radius 1 is 1.44 bits per heavy atom. The van der Waals surface area contributed by atoms with Crippen molar-refractivity contribution >= 4 is 5.91 Å². The van der Waals surface area contributed by atoms with Crippen molar-refractivity contribution in [1.29, 1.82) is 0 Å². The molecule has 0 spiro atoms. The summed E-state index contributed by atoms with van der Waals surface area (Å²) in [5.41, 5.74) is 2.49. The standard InChI is InChI=1S/C15H22N2O/c1-3-12-6-8-13(9-7-12)11(2)17-15(18)14-5-4-10-16-14/h6-9,11,14,16H,3-5,10H2,1-2H3,(H,17,18)/t11?,14-/m0/s1. The van der Waals surface area contributed by atoms with E-state index in [9.17, 15) is 4.79 Å². The van der Waals surface area contributed by atoms with Gasteiger partial charge in [-0.05, 0) is 43.9 Å². The summed E-state index contributed by atoms with van der Waals surface area (Å²) in [4.78, 5) is 12.0. The number of hydrogen-bond acceptors (Lipinski definition) is 2. The summed E-state index contributed by atoms with van der Waals surface area (Å²) >= 11 is 0. The highest BCUT2D eigenvalue weighted by atomic mass is 16.2. The third kappa shape index (κ3) is 3.10. The molecule has 0 bridgehead atoms. The molecule has 1 unspecified atom stereocenters. The van der Waals surface area contributed by atoms with Crippen LogP contribution in [0, 0.1) is 0 Å². The van der Waals surface area contributed by atoms with E-state index in [-0.39, 0.29) is 18.0 Å². The fourth-order valence-corrected chi connectivity index (χ4v) is 2.35. The van der Waals surface area contributed by atoms with Gasteiger partial charge in [0.2, 0.25) is 5.91 Å². The summed E-state index contributed by atoms with van der Waals surface area (Å²) in [5, 5.41) is 6.29. The molecular weight excluding hydrogens is 224 g/mol. The highest BCUT2D eigenvalue weighted by Crippen LogP contribution is 2.15. The Labute approximate surface area is 109 Å². The average Bonchev–Trinajstić information content (AvgIpc) is 2.92. The van der Waals surface area contributed by atoms with Crippen molar-refractivity contribution in [1.82, 2.24) is 10.6 Å². The zero-order valence-corrected chi connectivity index (χ0v) is 11.2. The molecule has 1 heterocycles. The van der Waals surface area contributed by atoms with Gasteiger partial charge in [0.25, 0.3) is 0 Å². The summed E-state index contributed by atoms with van der Waals surface area (Å²) in [6, 6.07) is 8.54. The largest absolute Gasteiger partial charge is 0.348 e. The molecule has 0 aliphatic carbocycles. The first-order chi connectivity index (χ1) is 8.70. The van der Waals surface area contributed by atoms with Gasteiger partial charge in [0.1, 0.15) is 0 Å². The van der Waals surface area contributed by atoms with E-state index in [4.69, 9.17) is 0 Å². The molecule has 2 atom stereocenters. The number of aryl methyl sites for hydroxylation is 1. The molecule has 0 radical (unpaired) electrons. The summed E-state index contributed by atoms with van der Waals surface area (Å²) in [7, 11) is 0. The van der Waals surface area contributed by atoms with E-state index < -0.39 is 0 Å². The predicted molar refractivity (Wildman–Crippen MR) is 73.4 cm³/mol. The Hall–Kier alpha value is -1.35. The molecule has 3 nitrogen and oxygen atoms in total. The Morgan fingerprint density at radius 3 is 2.72 bits per heavy atom. The SMILES string of the molecule is CCc1ccc(C(C)NC(=O)[C@@H]2CCCN2)cc1. The van der Waals surface area contributed by atoms with Gasteiger partial charge in [0.05, 0.1) is 12.1 Å². The molecule has 1 amide bonds. The maximum absolute atomic E-state index is 12.0. The van der Waals surface area contributed by atoms with Gasteiger partial charge in [-0.15, -0.1) is 0 Å². The van der Waals surface area contributed by atoms with E-state index in [1.165, 1.54) is 11.1 Å². The first-order valence-corrected chi connectivity index (χ1v) is 6.83. The Kier molecular flexibility index (Phi) is 4.37. The van der Waals surface area contributed by atoms with Crippen LogP contribution in [0.5, 0.6) is 0 Å². The van der Waals surface area contributed by atoms with Crippen LogP contribution >= 0.6 is 0 Å². The molecule has 0 aromatic heterocycles. The second kappa shape index (κ2) is 6.01. The van der Waals surface area contributed by atoms with Crippen LogP contribution in [-0.2, 0) is 11.2 Å². The molecular formula is C15H22N2O. The fraction of sp³-hybridized carbons (Fsp3) is 0.533. The van der Waals surface area contributed by atoms with Gasteiger partial charge in [-0.3, -0.25) is 4.79 Å². The van der Waals surface area contributed by atoms with Gasteiger partial charge in [-0.25, -0.2) is 0 Å². The van der Waals surface area contributed by atoms with Crippen LogP contribution in [0.2, 0.25) is 0 Å². The van der Waals surface area contributed by atoms with Gasteiger partial charge in [0.15, 0.2) is 0 Å². The van der Waals surface area contributed by atoms with Crippen molar-refractivity contribution in [2.75, 3.05) is 6.54 Å². The maximum Gasteiger partial charge on any atom is 0.237 e. The second-order valence-corrected chi connectivity index (χ2v) is 4.97. The number of amides is 1. The number of benzene rings is 1. The van der Waals surface area contributed by atoms with E-state index in [0.29, 0.717) is 0 Å². The zero-order valence-electron chi connectivity index (χ0n) is 11.2. The maximum atomic E-state index is 12.0. The lowest BCUT2D eigenvalue weighted by atomic mass is 10.0. The minimum absolute atomic E-state index is 0.00219. The van der Waals surface area contributed by atoms with E-state index in [0.717, 1.165) is 25.8 Å². The number of hydrogen-bond donors (Lipinski definition) is 2. The predicted octanol–water partition coefficient (Wildman–Crippen LogP) is 2.18. The lowest BCUT2D eigenvalue weighted by molar-refractivity contribution is -0.123. The van der Waals surface area contributed by atoms with Crippen LogP contribution in [0.15, 0.2) is 24.3 Å². The smallest absolute Gasteiger partial charge is 0.237 e. The number of carbonyl (C=O) groups is 1. The fourth-order valence-electron chi connectivity index (χ4n) is 2.35. The Bertz CT molecular complexity index is 393. The molecule has 1 aliphatic rings. The van der Waals surface area contributed by atoms with Crippen molar-refractivity contribution in [2.24, 2.45) is 0 Å². The van der Waals surface area contributed by atoms with Crippen LogP contribution in [0.25, 0.3) is 0 Å². The van der Waals surface area contributed by atoms with Gasteiger partial charge >= 0.3 is 0 Å². The summed E-state index contributed by atoms with van der Waals surface area (Å²) in [5.74, 6) is 0.125. The van der Waals surface area contributed by atoms with Crippen LogP contribution < -0.4 is 10.6 Å². The second-order valence-electron chi connectivity index (χ2n) is 4.97. The number of rotatable bonds is 4. The third-order valence-electron chi connectivity index (χ3n) is 3.62. The van der Waals surface area contributed by atoms with Gasteiger partial charge in [-0.2, -0.15) is 0 Å². The summed E-state index contributed by atoms with van der Waals surface area (Å²) in [6.07, 6.45) is 3.10. The molecule has 2 rings (SSSR count). The normalized spacial score (nSPS) is 20.7. The first kappa shape index (κ1) is 13.1. The Morgan fingerprint density at radius 2 is 2.17 bits per heavy atom. The molecule has 1 aliphatic heterocycles. The quantitative estimate of drug-likeness (QED) is 0.855. The average molecular weight is 246 g/mol. The van der Waals surface area contributed by atoms with E-state index >= 15 is 0 Å². The summed E-state index contributed by atoms with van der Waals surface area (Å²) in [6.45, 7) is 5.14. The molecule has 3 heteroatoms. The zero-order chi connectivity index (χ0) is 13.0. The molecule has 0 saturated carbocycles. The van der Waals surface area contributed by atoms with Gasteiger partial charge in [-0.1, -0.05) is 31.2 Å². The van der Waals surface area contributed by atoms with E-state index in [1.54, 1.807) is 0 Å². The van der Waals surface area contributed by atoms with E-state index in [1.807, 2.05) is 6.92 Å². The van der Waals surface area contributed by atoms with Crippen molar-refractivity contribution in [3.05, 3.63) is 35.4 Å². The molecule has 1 fully saturated rings. The molecule has 1 aromatic rings. The molecule has 1 saturated heterocycles. The lowest BCUT2D eigenvalue weighted by Gasteiger charge is -2.17. The molecule has 98 valence electrons. The van der Waals surface area contributed by atoms with Crippen LogP contribution in [0.4, 0.5) is 0 Å². The van der Waals surface area contributed by atoms with Crippen LogP contribution in [0.3, 0.4) is 0 Å². The highest BCUT2D eigenvalue weighted by Gasteiger charge is 2.23. The highest BCUT2D eigenvalue weighted by molar-refractivity contribution is 5.82. The minimum atomic E-state index is 0.00219. The minimum Gasteiger partial charge on any atom is -0.348 e. The lowest BCUT2D eigenvalue weighted by Crippen LogP contribution is -2.41. The van der Waals surface area contributed by atoms with Gasteiger partial charge < -0.3 is 10.6 Å². The van der Waals surface area contributed by atoms with Crippen molar-refractivity contribution in [3.8, 4) is 0 Å². The molecule has 2 N–H and O–H groups in total. The first-order valence-electron chi connectivity index (χ1n) is 6.83. The van der Waals surface area contributed by atoms with Crippen LogP contribution in [-0.4, -0.2) is 18.5 Å². The van der Waals surface area contributed by atoms with Gasteiger partial charge in [0, 0.05) is 0 Å². The van der Waals surface area contributed by atoms with E-state index in [2.05, 4.69) is 41.8 Å². The van der Waals surface area contributed by atoms with Crippen molar-refractivity contribution < 1.29 is 4.79 Å². The topological polar surface area (TPSA) is 41.1 Å². The van der Waals surface area contributed by atoms with Crippen LogP contribution in [0.1, 0.15) is 43.9 Å². The summed E-state index contributed by atoms with van der Waals surface area (Å²) < 4.78 is 0. The number of nitrogens with one attached hydrogen (secondary N) is 2. The third-order valence-corrected chi connectivity index (χ3v) is 3.62.